The SMILES string of the molecule is CC(=O)Nc1ccc(-c2csc(NC(=O)C3CC(F)(F)CN3)n2)cc1.Cl. The fourth-order valence-electron chi connectivity index (χ4n) is 2.48. The van der Waals surface area contributed by atoms with Crippen molar-refractivity contribution in [2.75, 3.05) is 17.2 Å². The minimum atomic E-state index is -2.86. The molecule has 10 heteroatoms. The zero-order valence-corrected chi connectivity index (χ0v) is 15.3. The lowest BCUT2D eigenvalue weighted by Gasteiger charge is -2.09. The third kappa shape index (κ3) is 4.96. The van der Waals surface area contributed by atoms with Crippen molar-refractivity contribution in [2.45, 2.75) is 25.3 Å². The van der Waals surface area contributed by atoms with E-state index in [0.29, 0.717) is 16.5 Å². The van der Waals surface area contributed by atoms with Crippen molar-refractivity contribution < 1.29 is 18.4 Å². The van der Waals surface area contributed by atoms with Crippen LogP contribution in [0.2, 0.25) is 0 Å². The summed E-state index contributed by atoms with van der Waals surface area (Å²) >= 11 is 1.22. The van der Waals surface area contributed by atoms with Crippen molar-refractivity contribution in [3.8, 4) is 11.3 Å². The molecule has 0 spiro atoms. The van der Waals surface area contributed by atoms with Gasteiger partial charge in [0.1, 0.15) is 0 Å². The van der Waals surface area contributed by atoms with Crippen LogP contribution in [0.4, 0.5) is 19.6 Å². The number of nitrogens with zero attached hydrogens (tertiary/aromatic N) is 1. The van der Waals surface area contributed by atoms with Gasteiger partial charge in [-0.05, 0) is 12.1 Å². The first-order chi connectivity index (χ1) is 11.8. The largest absolute Gasteiger partial charge is 0.326 e. The van der Waals surface area contributed by atoms with Gasteiger partial charge < -0.3 is 10.6 Å². The van der Waals surface area contributed by atoms with Crippen LogP contribution in [0.5, 0.6) is 0 Å². The molecule has 0 aliphatic carbocycles. The van der Waals surface area contributed by atoms with Gasteiger partial charge in [0.25, 0.3) is 5.92 Å². The Kier molecular flexibility index (Phi) is 6.27. The molecular formula is C16H17ClF2N4O2S. The highest BCUT2D eigenvalue weighted by Gasteiger charge is 2.42. The summed E-state index contributed by atoms with van der Waals surface area (Å²) in [6.45, 7) is 0.938. The molecule has 0 saturated carbocycles. The van der Waals surface area contributed by atoms with Crippen LogP contribution >= 0.6 is 23.7 Å². The summed E-state index contributed by atoms with van der Waals surface area (Å²) in [5.74, 6) is -3.53. The molecule has 140 valence electrons. The molecule has 2 heterocycles. The van der Waals surface area contributed by atoms with Gasteiger partial charge in [0.05, 0.1) is 18.3 Å². The number of amides is 2. The molecule has 6 nitrogen and oxygen atoms in total. The zero-order valence-electron chi connectivity index (χ0n) is 13.7. The van der Waals surface area contributed by atoms with E-state index in [-0.39, 0.29) is 18.3 Å². The van der Waals surface area contributed by atoms with E-state index in [4.69, 9.17) is 0 Å². The monoisotopic (exact) mass is 402 g/mol. The van der Waals surface area contributed by atoms with Gasteiger partial charge in [-0.25, -0.2) is 13.8 Å². The van der Waals surface area contributed by atoms with Gasteiger partial charge >= 0.3 is 0 Å². The lowest BCUT2D eigenvalue weighted by atomic mass is 10.1. The second-order valence-corrected chi connectivity index (χ2v) is 6.64. The first-order valence-electron chi connectivity index (χ1n) is 7.58. The summed E-state index contributed by atoms with van der Waals surface area (Å²) in [5.41, 5.74) is 2.14. The van der Waals surface area contributed by atoms with Crippen LogP contribution in [0.15, 0.2) is 29.6 Å². The Labute approximate surface area is 158 Å². The van der Waals surface area contributed by atoms with Crippen LogP contribution in [-0.4, -0.2) is 35.3 Å². The van der Waals surface area contributed by atoms with Gasteiger partial charge in [0.2, 0.25) is 11.8 Å². The third-order valence-electron chi connectivity index (χ3n) is 3.66. The first kappa shape index (κ1) is 20.2. The van der Waals surface area contributed by atoms with E-state index in [2.05, 4.69) is 20.9 Å². The normalized spacial score (nSPS) is 18.0. The Balaban J connectivity index is 0.00000243. The summed E-state index contributed by atoms with van der Waals surface area (Å²) < 4.78 is 26.3. The molecule has 0 bridgehead atoms. The molecule has 1 saturated heterocycles. The lowest BCUT2D eigenvalue weighted by Crippen LogP contribution is -2.35. The van der Waals surface area contributed by atoms with Gasteiger partial charge in [-0.15, -0.1) is 23.7 Å². The highest BCUT2D eigenvalue weighted by molar-refractivity contribution is 7.14. The van der Waals surface area contributed by atoms with E-state index in [0.717, 1.165) is 5.56 Å². The Morgan fingerprint density at radius 1 is 1.27 bits per heavy atom. The van der Waals surface area contributed by atoms with E-state index in [1.54, 1.807) is 29.6 Å². The molecule has 1 aromatic carbocycles. The smallest absolute Gasteiger partial charge is 0.262 e. The number of hydrogen-bond acceptors (Lipinski definition) is 5. The van der Waals surface area contributed by atoms with E-state index in [9.17, 15) is 18.4 Å². The van der Waals surface area contributed by atoms with Crippen molar-refractivity contribution in [2.24, 2.45) is 0 Å². The predicted molar refractivity (Wildman–Crippen MR) is 99.1 cm³/mol. The number of benzene rings is 1. The number of halogens is 3. The number of anilines is 2. The minimum absolute atomic E-state index is 0. The number of carbonyl (C=O) groups excluding carboxylic acids is 2. The Hall–Kier alpha value is -2.10. The molecule has 1 aliphatic rings. The molecule has 2 amide bonds. The van der Waals surface area contributed by atoms with Gasteiger partial charge in [-0.2, -0.15) is 0 Å². The van der Waals surface area contributed by atoms with Gasteiger partial charge in [-0.3, -0.25) is 14.9 Å². The number of alkyl halides is 2. The average molecular weight is 403 g/mol. The molecule has 1 fully saturated rings. The fourth-order valence-corrected chi connectivity index (χ4v) is 3.21. The van der Waals surface area contributed by atoms with E-state index in [1.807, 2.05) is 0 Å². The molecular weight excluding hydrogens is 386 g/mol. The number of rotatable bonds is 4. The van der Waals surface area contributed by atoms with Gasteiger partial charge in [0, 0.05) is 30.0 Å². The molecule has 26 heavy (non-hydrogen) atoms. The number of aromatic nitrogens is 1. The summed E-state index contributed by atoms with van der Waals surface area (Å²) in [6.07, 6.45) is -0.512. The van der Waals surface area contributed by atoms with Gasteiger partial charge in [-0.1, -0.05) is 12.1 Å². The standard InChI is InChI=1S/C16H16F2N4O2S.ClH/c1-9(23)20-11-4-2-10(3-5-11)13-7-25-15(21-13)22-14(24)12-6-16(17,18)8-19-12;/h2-5,7,12,19H,6,8H2,1H3,(H,20,23)(H,21,22,24);1H. The molecule has 2 aromatic rings. The maximum Gasteiger partial charge on any atom is 0.262 e. The van der Waals surface area contributed by atoms with Crippen LogP contribution in [-0.2, 0) is 9.59 Å². The third-order valence-corrected chi connectivity index (χ3v) is 4.42. The Morgan fingerprint density at radius 3 is 2.54 bits per heavy atom. The predicted octanol–water partition coefficient (Wildman–Crippen LogP) is 3.13. The van der Waals surface area contributed by atoms with Crippen LogP contribution in [0.1, 0.15) is 13.3 Å². The zero-order chi connectivity index (χ0) is 18.0. The first-order valence-corrected chi connectivity index (χ1v) is 8.46. The molecule has 3 N–H and O–H groups in total. The van der Waals surface area contributed by atoms with Crippen molar-refractivity contribution in [3.63, 3.8) is 0 Å². The van der Waals surface area contributed by atoms with Crippen LogP contribution < -0.4 is 16.0 Å². The van der Waals surface area contributed by atoms with E-state index < -0.39 is 30.8 Å². The molecule has 1 aliphatic heterocycles. The molecule has 3 rings (SSSR count). The Morgan fingerprint density at radius 2 is 1.96 bits per heavy atom. The van der Waals surface area contributed by atoms with Crippen molar-refractivity contribution in [1.29, 1.82) is 0 Å². The molecule has 1 aromatic heterocycles. The second kappa shape index (κ2) is 8.07. The molecule has 0 radical (unpaired) electrons. The number of hydrogen-bond donors (Lipinski definition) is 3. The van der Waals surface area contributed by atoms with Crippen molar-refractivity contribution in [3.05, 3.63) is 29.6 Å². The second-order valence-electron chi connectivity index (χ2n) is 5.78. The summed E-state index contributed by atoms with van der Waals surface area (Å²) in [5, 5.41) is 9.86. The van der Waals surface area contributed by atoms with Crippen LogP contribution in [0, 0.1) is 0 Å². The molecule has 1 atom stereocenters. The average Bonchev–Trinajstić information content (AvgIpc) is 3.14. The van der Waals surface area contributed by atoms with Crippen LogP contribution in [0.3, 0.4) is 0 Å². The summed E-state index contributed by atoms with van der Waals surface area (Å²) in [6, 6.07) is 6.17. The Bertz CT molecular complexity index is 798. The lowest BCUT2D eigenvalue weighted by molar-refractivity contribution is -0.118. The van der Waals surface area contributed by atoms with E-state index in [1.165, 1.54) is 18.3 Å². The van der Waals surface area contributed by atoms with Gasteiger partial charge in [0.15, 0.2) is 5.13 Å². The summed E-state index contributed by atoms with van der Waals surface area (Å²) in [4.78, 5) is 27.3. The number of carbonyl (C=O) groups is 2. The number of nitrogens with one attached hydrogen (secondary N) is 3. The fraction of sp³-hybridized carbons (Fsp3) is 0.312. The van der Waals surface area contributed by atoms with E-state index >= 15 is 0 Å². The molecule has 1 unspecified atom stereocenters. The van der Waals surface area contributed by atoms with Crippen molar-refractivity contribution >= 4 is 46.4 Å². The quantitative estimate of drug-likeness (QED) is 0.733. The highest BCUT2D eigenvalue weighted by Crippen LogP contribution is 2.28. The maximum absolute atomic E-state index is 13.1. The van der Waals surface area contributed by atoms with Crippen LogP contribution in [0.25, 0.3) is 11.3 Å². The number of thiazole rings is 1. The maximum atomic E-state index is 13.1. The highest BCUT2D eigenvalue weighted by atomic mass is 35.5. The topological polar surface area (TPSA) is 83.1 Å². The summed E-state index contributed by atoms with van der Waals surface area (Å²) in [7, 11) is 0. The van der Waals surface area contributed by atoms with Crippen molar-refractivity contribution in [1.82, 2.24) is 10.3 Å². The minimum Gasteiger partial charge on any atom is -0.326 e.